The average molecular weight is 271 g/mol. The van der Waals surface area contributed by atoms with Crippen LogP contribution in [-0.4, -0.2) is 17.6 Å². The van der Waals surface area contributed by atoms with Gasteiger partial charge in [-0.25, -0.2) is 4.79 Å². The first-order chi connectivity index (χ1) is 8.86. The van der Waals surface area contributed by atoms with E-state index in [0.717, 1.165) is 12.1 Å². The Kier molecular flexibility index (Phi) is 4.55. The number of benzene rings is 1. The Morgan fingerprint density at radius 2 is 2.16 bits per heavy atom. The standard InChI is InChI=1S/C11H8F3N3O2/c12-11(13,14)9-6-7(2-1-5-16-17-15)3-4-8(9)10(18)19/h1-4,6H,5H2,(H,18,19). The minimum absolute atomic E-state index is 0.00146. The van der Waals surface area contributed by atoms with Gasteiger partial charge in [-0.1, -0.05) is 23.3 Å². The van der Waals surface area contributed by atoms with E-state index in [1.807, 2.05) is 0 Å². The molecule has 1 aromatic rings. The number of hydrogen-bond acceptors (Lipinski definition) is 2. The van der Waals surface area contributed by atoms with Gasteiger partial charge >= 0.3 is 12.1 Å². The van der Waals surface area contributed by atoms with Crippen LogP contribution in [0.1, 0.15) is 21.5 Å². The summed E-state index contributed by atoms with van der Waals surface area (Å²) in [5.74, 6) is -1.64. The van der Waals surface area contributed by atoms with Crippen molar-refractivity contribution >= 4 is 12.0 Å². The third-order valence-electron chi connectivity index (χ3n) is 2.14. The number of nitrogens with zero attached hydrogens (tertiary/aromatic N) is 3. The van der Waals surface area contributed by atoms with Gasteiger partial charge in [0.15, 0.2) is 0 Å². The molecular formula is C11H8F3N3O2. The second kappa shape index (κ2) is 5.92. The van der Waals surface area contributed by atoms with Gasteiger partial charge in [-0.2, -0.15) is 13.2 Å². The van der Waals surface area contributed by atoms with Crippen molar-refractivity contribution in [2.45, 2.75) is 6.18 Å². The number of carbonyl (C=O) groups is 1. The summed E-state index contributed by atoms with van der Waals surface area (Å²) in [4.78, 5) is 13.2. The largest absolute Gasteiger partial charge is 0.478 e. The van der Waals surface area contributed by atoms with Crippen LogP contribution in [-0.2, 0) is 6.18 Å². The summed E-state index contributed by atoms with van der Waals surface area (Å²) >= 11 is 0. The maximum Gasteiger partial charge on any atom is 0.417 e. The molecule has 0 unspecified atom stereocenters. The molecule has 0 heterocycles. The highest BCUT2D eigenvalue weighted by molar-refractivity contribution is 5.90. The van der Waals surface area contributed by atoms with E-state index in [9.17, 15) is 18.0 Å². The maximum atomic E-state index is 12.7. The topological polar surface area (TPSA) is 86.1 Å². The molecule has 1 aromatic carbocycles. The van der Waals surface area contributed by atoms with E-state index < -0.39 is 23.3 Å². The Hall–Kier alpha value is -2.47. The first-order valence-electron chi connectivity index (χ1n) is 4.98. The zero-order valence-corrected chi connectivity index (χ0v) is 9.42. The molecule has 0 amide bonds. The van der Waals surface area contributed by atoms with Crippen molar-refractivity contribution in [2.24, 2.45) is 5.11 Å². The fourth-order valence-corrected chi connectivity index (χ4v) is 1.36. The van der Waals surface area contributed by atoms with Crippen LogP contribution in [0.5, 0.6) is 0 Å². The number of carboxylic acid groups (broad SMARTS) is 1. The molecule has 0 aliphatic rings. The minimum Gasteiger partial charge on any atom is -0.478 e. The van der Waals surface area contributed by atoms with Crippen LogP contribution in [0.4, 0.5) is 13.2 Å². The van der Waals surface area contributed by atoms with Gasteiger partial charge in [0, 0.05) is 11.5 Å². The Morgan fingerprint density at radius 1 is 1.47 bits per heavy atom. The average Bonchev–Trinajstić information content (AvgIpc) is 2.33. The monoisotopic (exact) mass is 271 g/mol. The maximum absolute atomic E-state index is 12.7. The lowest BCUT2D eigenvalue weighted by Gasteiger charge is -2.10. The predicted molar refractivity (Wildman–Crippen MR) is 61.5 cm³/mol. The van der Waals surface area contributed by atoms with Crippen LogP contribution >= 0.6 is 0 Å². The highest BCUT2D eigenvalue weighted by Crippen LogP contribution is 2.33. The van der Waals surface area contributed by atoms with Crippen LogP contribution in [0.15, 0.2) is 29.4 Å². The van der Waals surface area contributed by atoms with Crippen molar-refractivity contribution < 1.29 is 23.1 Å². The molecule has 8 heteroatoms. The lowest BCUT2D eigenvalue weighted by atomic mass is 10.0. The van der Waals surface area contributed by atoms with Crippen LogP contribution in [0.3, 0.4) is 0 Å². The molecule has 0 radical (unpaired) electrons. The Bertz CT molecular complexity index is 561. The second-order valence-electron chi connectivity index (χ2n) is 3.42. The van der Waals surface area contributed by atoms with Crippen molar-refractivity contribution in [3.63, 3.8) is 0 Å². The van der Waals surface area contributed by atoms with Gasteiger partial charge in [-0.05, 0) is 23.2 Å². The third kappa shape index (κ3) is 4.04. The first kappa shape index (κ1) is 14.6. The van der Waals surface area contributed by atoms with E-state index in [2.05, 4.69) is 10.0 Å². The summed E-state index contributed by atoms with van der Waals surface area (Å²) in [5, 5.41) is 11.9. The van der Waals surface area contributed by atoms with Gasteiger partial charge in [-0.15, -0.1) is 0 Å². The molecule has 5 nitrogen and oxygen atoms in total. The second-order valence-corrected chi connectivity index (χ2v) is 3.42. The molecule has 0 aliphatic heterocycles. The van der Waals surface area contributed by atoms with Crippen LogP contribution in [0.25, 0.3) is 16.5 Å². The fraction of sp³-hybridized carbons (Fsp3) is 0.182. The molecule has 0 atom stereocenters. The normalized spacial score (nSPS) is 11.3. The first-order valence-corrected chi connectivity index (χ1v) is 4.98. The Labute approximate surface area is 105 Å². The quantitative estimate of drug-likeness (QED) is 0.514. The number of halogens is 3. The molecule has 1 rings (SSSR count). The van der Waals surface area contributed by atoms with Crippen molar-refractivity contribution in [1.29, 1.82) is 0 Å². The Morgan fingerprint density at radius 3 is 2.68 bits per heavy atom. The predicted octanol–water partition coefficient (Wildman–Crippen LogP) is 3.73. The zero-order chi connectivity index (χ0) is 14.5. The highest BCUT2D eigenvalue weighted by atomic mass is 19.4. The van der Waals surface area contributed by atoms with Gasteiger partial charge in [0.25, 0.3) is 0 Å². The summed E-state index contributed by atoms with van der Waals surface area (Å²) < 4.78 is 38.0. The smallest absolute Gasteiger partial charge is 0.417 e. The molecule has 0 saturated heterocycles. The third-order valence-corrected chi connectivity index (χ3v) is 2.14. The Balaban J connectivity index is 3.15. The number of rotatable bonds is 4. The molecule has 0 aliphatic carbocycles. The van der Waals surface area contributed by atoms with E-state index in [4.69, 9.17) is 10.6 Å². The SMILES string of the molecule is [N-]=[N+]=NCC=Cc1ccc(C(=O)O)c(C(F)(F)F)c1. The number of azide groups is 1. The molecule has 0 fully saturated rings. The number of aromatic carboxylic acids is 1. The summed E-state index contributed by atoms with van der Waals surface area (Å²) in [6, 6.07) is 2.86. The van der Waals surface area contributed by atoms with E-state index in [1.54, 1.807) is 0 Å². The molecule has 1 N–H and O–H groups in total. The molecule has 0 aromatic heterocycles. The van der Waals surface area contributed by atoms with E-state index >= 15 is 0 Å². The van der Waals surface area contributed by atoms with Crippen LogP contribution in [0, 0.1) is 0 Å². The van der Waals surface area contributed by atoms with Gasteiger partial charge in [0.1, 0.15) is 0 Å². The van der Waals surface area contributed by atoms with Gasteiger partial charge in [-0.3, -0.25) is 0 Å². The van der Waals surface area contributed by atoms with Crippen LogP contribution < -0.4 is 0 Å². The van der Waals surface area contributed by atoms with Gasteiger partial charge in [0.2, 0.25) is 0 Å². The molecule has 0 bridgehead atoms. The van der Waals surface area contributed by atoms with Crippen molar-refractivity contribution in [3.8, 4) is 0 Å². The van der Waals surface area contributed by atoms with Crippen LogP contribution in [0.2, 0.25) is 0 Å². The van der Waals surface area contributed by atoms with E-state index in [1.165, 1.54) is 18.2 Å². The summed E-state index contributed by atoms with van der Waals surface area (Å²) in [6.45, 7) is -0.00146. The molecular weight excluding hydrogens is 263 g/mol. The number of hydrogen-bond donors (Lipinski definition) is 1. The van der Waals surface area contributed by atoms with Gasteiger partial charge in [0.05, 0.1) is 11.1 Å². The zero-order valence-electron chi connectivity index (χ0n) is 9.42. The van der Waals surface area contributed by atoms with Crippen molar-refractivity contribution in [1.82, 2.24) is 0 Å². The highest BCUT2D eigenvalue weighted by Gasteiger charge is 2.35. The fourth-order valence-electron chi connectivity index (χ4n) is 1.36. The lowest BCUT2D eigenvalue weighted by Crippen LogP contribution is -2.13. The van der Waals surface area contributed by atoms with Gasteiger partial charge < -0.3 is 5.11 Å². The van der Waals surface area contributed by atoms with E-state index in [0.29, 0.717) is 0 Å². The van der Waals surface area contributed by atoms with Crippen molar-refractivity contribution in [3.05, 3.63) is 51.4 Å². The lowest BCUT2D eigenvalue weighted by molar-refractivity contribution is -0.138. The summed E-state index contributed by atoms with van der Waals surface area (Å²) in [7, 11) is 0. The molecule has 0 saturated carbocycles. The molecule has 0 spiro atoms. The molecule has 19 heavy (non-hydrogen) atoms. The van der Waals surface area contributed by atoms with Crippen molar-refractivity contribution in [2.75, 3.05) is 6.54 Å². The summed E-state index contributed by atoms with van der Waals surface area (Å²) in [6.07, 6.45) is -2.06. The minimum atomic E-state index is -4.75. The molecule has 100 valence electrons. The number of alkyl halides is 3. The van der Waals surface area contributed by atoms with E-state index in [-0.39, 0.29) is 12.1 Å². The summed E-state index contributed by atoms with van der Waals surface area (Å²) in [5.41, 5.74) is 6.17. The number of carboxylic acids is 1.